The van der Waals surface area contributed by atoms with Gasteiger partial charge in [-0.15, -0.1) is 0 Å². The molecule has 2 aromatic rings. The first kappa shape index (κ1) is 18.0. The molecule has 1 amide bonds. The van der Waals surface area contributed by atoms with E-state index in [4.69, 9.17) is 0 Å². The van der Waals surface area contributed by atoms with Gasteiger partial charge in [-0.1, -0.05) is 6.07 Å². The Bertz CT molecular complexity index is 925. The minimum absolute atomic E-state index is 0.110. The number of hydrogen-bond donors (Lipinski definition) is 0. The molecule has 0 unspecified atom stereocenters. The van der Waals surface area contributed by atoms with Crippen LogP contribution in [0.3, 0.4) is 0 Å². The van der Waals surface area contributed by atoms with Gasteiger partial charge in [0.25, 0.3) is 11.6 Å². The van der Waals surface area contributed by atoms with Crippen molar-refractivity contribution in [1.82, 2.24) is 14.2 Å². The molecule has 3 rings (SSSR count). The maximum atomic E-state index is 12.6. The highest BCUT2D eigenvalue weighted by Crippen LogP contribution is 2.19. The number of benzene rings is 1. The number of carbonyl (C=O) groups is 1. The van der Waals surface area contributed by atoms with Crippen LogP contribution in [0, 0.1) is 10.1 Å². The lowest BCUT2D eigenvalue weighted by atomic mass is 10.1. The Labute approximate surface area is 150 Å². The van der Waals surface area contributed by atoms with Gasteiger partial charge in [0.1, 0.15) is 4.90 Å². The van der Waals surface area contributed by atoms with E-state index in [1.807, 2.05) is 0 Å². The van der Waals surface area contributed by atoms with Gasteiger partial charge in [0.2, 0.25) is 10.0 Å². The van der Waals surface area contributed by atoms with Crippen molar-refractivity contribution in [3.63, 3.8) is 0 Å². The summed E-state index contributed by atoms with van der Waals surface area (Å²) in [4.78, 5) is 28.2. The van der Waals surface area contributed by atoms with Crippen LogP contribution in [0.5, 0.6) is 0 Å². The summed E-state index contributed by atoms with van der Waals surface area (Å²) < 4.78 is 26.4. The Balaban J connectivity index is 1.70. The number of pyridine rings is 1. The van der Waals surface area contributed by atoms with Gasteiger partial charge in [-0.25, -0.2) is 8.42 Å². The number of non-ortho nitro benzene ring substituents is 1. The lowest BCUT2D eigenvalue weighted by molar-refractivity contribution is -0.384. The number of rotatable bonds is 4. The number of nitrogens with zero attached hydrogens (tertiary/aromatic N) is 4. The third kappa shape index (κ3) is 3.55. The van der Waals surface area contributed by atoms with Crippen molar-refractivity contribution >= 4 is 21.6 Å². The molecule has 0 radical (unpaired) electrons. The summed E-state index contributed by atoms with van der Waals surface area (Å²) >= 11 is 0. The molecular formula is C16H16N4O5S. The smallest absolute Gasteiger partial charge is 0.270 e. The molecule has 0 aliphatic carbocycles. The predicted molar refractivity (Wildman–Crippen MR) is 92.0 cm³/mol. The Morgan fingerprint density at radius 3 is 2.46 bits per heavy atom. The van der Waals surface area contributed by atoms with Crippen LogP contribution in [-0.2, 0) is 10.0 Å². The Morgan fingerprint density at radius 1 is 1.12 bits per heavy atom. The molecule has 0 saturated carbocycles. The average Bonchev–Trinajstić information content (AvgIpc) is 2.68. The number of aromatic nitrogens is 1. The quantitative estimate of drug-likeness (QED) is 0.584. The van der Waals surface area contributed by atoms with Crippen LogP contribution >= 0.6 is 0 Å². The first-order chi connectivity index (χ1) is 12.4. The van der Waals surface area contributed by atoms with E-state index in [2.05, 4.69) is 4.98 Å². The second-order valence-corrected chi connectivity index (χ2v) is 7.63. The van der Waals surface area contributed by atoms with Gasteiger partial charge in [0.15, 0.2) is 0 Å². The topological polar surface area (TPSA) is 114 Å². The highest BCUT2D eigenvalue weighted by Gasteiger charge is 2.30. The molecule has 1 saturated heterocycles. The zero-order valence-corrected chi connectivity index (χ0v) is 14.5. The van der Waals surface area contributed by atoms with Crippen LogP contribution in [0.25, 0.3) is 0 Å². The van der Waals surface area contributed by atoms with Crippen molar-refractivity contribution in [2.45, 2.75) is 4.90 Å². The Kier molecular flexibility index (Phi) is 4.96. The monoisotopic (exact) mass is 376 g/mol. The molecule has 1 aromatic carbocycles. The van der Waals surface area contributed by atoms with Gasteiger partial charge < -0.3 is 4.90 Å². The molecule has 0 spiro atoms. The first-order valence-electron chi connectivity index (χ1n) is 7.83. The number of nitro benzene ring substituents is 1. The summed E-state index contributed by atoms with van der Waals surface area (Å²) in [6, 6.07) is 8.52. The second kappa shape index (κ2) is 7.18. The van der Waals surface area contributed by atoms with E-state index in [0.29, 0.717) is 0 Å². The van der Waals surface area contributed by atoms with E-state index >= 15 is 0 Å². The van der Waals surface area contributed by atoms with Crippen LogP contribution in [0.1, 0.15) is 10.4 Å². The van der Waals surface area contributed by atoms with Gasteiger partial charge >= 0.3 is 0 Å². The molecule has 26 heavy (non-hydrogen) atoms. The zero-order valence-electron chi connectivity index (χ0n) is 13.7. The lowest BCUT2D eigenvalue weighted by Crippen LogP contribution is -2.50. The highest BCUT2D eigenvalue weighted by molar-refractivity contribution is 7.89. The number of piperazine rings is 1. The molecule has 136 valence electrons. The fourth-order valence-electron chi connectivity index (χ4n) is 2.72. The lowest BCUT2D eigenvalue weighted by Gasteiger charge is -2.34. The number of hydrogen-bond acceptors (Lipinski definition) is 6. The van der Waals surface area contributed by atoms with Gasteiger partial charge in [0, 0.05) is 56.3 Å². The number of nitro groups is 1. The van der Waals surface area contributed by atoms with Crippen molar-refractivity contribution in [1.29, 1.82) is 0 Å². The predicted octanol–water partition coefficient (Wildman–Crippen LogP) is 1.14. The summed E-state index contributed by atoms with van der Waals surface area (Å²) in [7, 11) is -3.65. The molecular weight excluding hydrogens is 360 g/mol. The summed E-state index contributed by atoms with van der Waals surface area (Å²) in [6.45, 7) is 0.720. The van der Waals surface area contributed by atoms with Crippen LogP contribution in [-0.4, -0.2) is 59.6 Å². The van der Waals surface area contributed by atoms with Crippen molar-refractivity contribution in [2.24, 2.45) is 0 Å². The first-order valence-corrected chi connectivity index (χ1v) is 9.27. The average molecular weight is 376 g/mol. The van der Waals surface area contributed by atoms with E-state index in [1.54, 1.807) is 6.07 Å². The molecule has 1 aliphatic rings. The van der Waals surface area contributed by atoms with Gasteiger partial charge in [0.05, 0.1) is 4.92 Å². The van der Waals surface area contributed by atoms with Crippen LogP contribution in [0.15, 0.2) is 53.7 Å². The highest BCUT2D eigenvalue weighted by atomic mass is 32.2. The molecule has 2 heterocycles. The fraction of sp³-hybridized carbons (Fsp3) is 0.250. The van der Waals surface area contributed by atoms with E-state index in [9.17, 15) is 23.3 Å². The second-order valence-electron chi connectivity index (χ2n) is 5.69. The van der Waals surface area contributed by atoms with Crippen LogP contribution < -0.4 is 0 Å². The molecule has 9 nitrogen and oxygen atoms in total. The summed E-state index contributed by atoms with van der Waals surface area (Å²) in [5.41, 5.74) is 0.0522. The van der Waals surface area contributed by atoms with Crippen molar-refractivity contribution in [3.05, 3.63) is 64.5 Å². The Hall–Kier alpha value is -2.85. The standard InChI is InChI=1S/C16H16N4O5S/c21-16(13-3-1-4-14(11-13)20(22)23)18-7-9-19(10-8-18)26(24,25)15-5-2-6-17-12-15/h1-6,11-12H,7-10H2. The molecule has 10 heteroatoms. The maximum Gasteiger partial charge on any atom is 0.270 e. The molecule has 1 fully saturated rings. The summed E-state index contributed by atoms with van der Waals surface area (Å²) in [5, 5.41) is 10.8. The zero-order chi connectivity index (χ0) is 18.7. The normalized spacial score (nSPS) is 15.6. The van der Waals surface area contributed by atoms with Crippen molar-refractivity contribution in [2.75, 3.05) is 26.2 Å². The summed E-state index contributed by atoms with van der Waals surface area (Å²) in [6.07, 6.45) is 2.78. The summed E-state index contributed by atoms with van der Waals surface area (Å²) in [5.74, 6) is -0.355. The maximum absolute atomic E-state index is 12.6. The van der Waals surface area contributed by atoms with E-state index in [1.165, 1.54) is 51.9 Å². The van der Waals surface area contributed by atoms with Gasteiger partial charge in [-0.3, -0.25) is 19.9 Å². The largest absolute Gasteiger partial charge is 0.336 e. The third-order valence-corrected chi connectivity index (χ3v) is 5.98. The van der Waals surface area contributed by atoms with E-state index in [0.717, 1.165) is 0 Å². The van der Waals surface area contributed by atoms with Crippen molar-refractivity contribution < 1.29 is 18.1 Å². The SMILES string of the molecule is O=C(c1cccc([N+](=O)[O-])c1)N1CCN(S(=O)(=O)c2cccnc2)CC1. The molecule has 0 N–H and O–H groups in total. The van der Waals surface area contributed by atoms with Crippen LogP contribution in [0.2, 0.25) is 0 Å². The third-order valence-electron chi connectivity index (χ3n) is 4.10. The number of carbonyl (C=O) groups excluding carboxylic acids is 1. The number of amides is 1. The Morgan fingerprint density at radius 2 is 1.85 bits per heavy atom. The minimum atomic E-state index is -3.65. The molecule has 0 atom stereocenters. The van der Waals surface area contributed by atoms with Gasteiger partial charge in [-0.2, -0.15) is 4.31 Å². The fourth-order valence-corrected chi connectivity index (χ4v) is 4.10. The minimum Gasteiger partial charge on any atom is -0.336 e. The molecule has 1 aliphatic heterocycles. The molecule has 0 bridgehead atoms. The van der Waals surface area contributed by atoms with E-state index in [-0.39, 0.29) is 48.2 Å². The van der Waals surface area contributed by atoms with E-state index < -0.39 is 14.9 Å². The van der Waals surface area contributed by atoms with Crippen molar-refractivity contribution in [3.8, 4) is 0 Å². The number of sulfonamides is 1. The molecule has 1 aromatic heterocycles. The van der Waals surface area contributed by atoms with Gasteiger partial charge in [-0.05, 0) is 18.2 Å². The van der Waals surface area contributed by atoms with Crippen LogP contribution in [0.4, 0.5) is 5.69 Å².